The van der Waals surface area contributed by atoms with E-state index in [9.17, 15) is 0 Å². The van der Waals surface area contributed by atoms with Crippen molar-refractivity contribution in [2.75, 3.05) is 14.1 Å². The second kappa shape index (κ2) is 4.61. The van der Waals surface area contributed by atoms with Crippen LogP contribution in [0.15, 0.2) is 36.6 Å². The van der Waals surface area contributed by atoms with Gasteiger partial charge in [0.1, 0.15) is 5.70 Å². The predicted octanol–water partition coefficient (Wildman–Crippen LogP) is 3.51. The van der Waals surface area contributed by atoms with Gasteiger partial charge in [0, 0.05) is 0 Å². The van der Waals surface area contributed by atoms with Crippen molar-refractivity contribution in [3.63, 3.8) is 0 Å². The fourth-order valence-electron chi connectivity index (χ4n) is 1.11. The van der Waals surface area contributed by atoms with Crippen molar-refractivity contribution >= 4 is 0 Å². The van der Waals surface area contributed by atoms with E-state index in [1.54, 1.807) is 0 Å². The molecule has 0 heterocycles. The third kappa shape index (κ3) is 2.85. The van der Waals surface area contributed by atoms with Gasteiger partial charge in [-0.25, -0.2) is 0 Å². The van der Waals surface area contributed by atoms with Crippen molar-refractivity contribution in [3.8, 4) is 0 Å². The Morgan fingerprint density at radius 1 is 1.21 bits per heavy atom. The maximum Gasteiger partial charge on any atom is 0.132 e. The molecular weight excluding hydrogens is 170 g/mol. The minimum absolute atomic E-state index is 0.189. The Hall–Kier alpha value is -0.820. The van der Waals surface area contributed by atoms with Crippen molar-refractivity contribution in [1.29, 1.82) is 0 Å². The van der Waals surface area contributed by atoms with E-state index in [0.29, 0.717) is 0 Å². The van der Waals surface area contributed by atoms with Crippen LogP contribution in [0.2, 0.25) is 0 Å². The average molecular weight is 194 g/mol. The molecule has 0 aromatic rings. The molecule has 1 nitrogen and oxygen atoms in total. The predicted molar refractivity (Wildman–Crippen MR) is 65.0 cm³/mol. The Labute approximate surface area is 89.0 Å². The smallest absolute Gasteiger partial charge is 0.132 e. The molecule has 0 rings (SSSR count). The summed E-state index contributed by atoms with van der Waals surface area (Å²) in [6.07, 6.45) is 8.14. The minimum atomic E-state index is 0.189. The van der Waals surface area contributed by atoms with Crippen molar-refractivity contribution in [3.05, 3.63) is 36.6 Å². The van der Waals surface area contributed by atoms with Gasteiger partial charge >= 0.3 is 0 Å². The van der Waals surface area contributed by atoms with E-state index in [1.807, 2.05) is 13.0 Å². The highest BCUT2D eigenvalue weighted by molar-refractivity contribution is 5.17. The minimum Gasteiger partial charge on any atom is -0.292 e. The fraction of sp³-hybridized carbons (Fsp3) is 0.538. The first-order valence-electron chi connectivity index (χ1n) is 5.07. The summed E-state index contributed by atoms with van der Waals surface area (Å²) in [6.45, 7) is 12.5. The molecule has 0 saturated carbocycles. The SMILES string of the molecule is C=C/C=C(\C=C/C)[N+](C)(C)C(C)(C)C. The van der Waals surface area contributed by atoms with Gasteiger partial charge in [-0.05, 0) is 39.8 Å². The molecule has 0 aliphatic heterocycles. The highest BCUT2D eigenvalue weighted by Gasteiger charge is 2.34. The Bertz CT molecular complexity index is 249. The van der Waals surface area contributed by atoms with Gasteiger partial charge in [-0.2, -0.15) is 0 Å². The van der Waals surface area contributed by atoms with Crippen LogP contribution in [0.25, 0.3) is 0 Å². The summed E-state index contributed by atoms with van der Waals surface area (Å²) < 4.78 is 0.851. The summed E-state index contributed by atoms with van der Waals surface area (Å²) in [5.74, 6) is 0. The lowest BCUT2D eigenvalue weighted by Crippen LogP contribution is -2.52. The second-order valence-corrected chi connectivity index (χ2v) is 4.95. The third-order valence-corrected chi connectivity index (χ3v) is 2.95. The van der Waals surface area contributed by atoms with Crippen LogP contribution in [0.4, 0.5) is 0 Å². The summed E-state index contributed by atoms with van der Waals surface area (Å²) in [6, 6.07) is 0. The van der Waals surface area contributed by atoms with Gasteiger partial charge in [0.15, 0.2) is 0 Å². The number of nitrogens with zero attached hydrogens (tertiary/aromatic N) is 1. The normalized spacial score (nSPS) is 14.9. The zero-order valence-electron chi connectivity index (χ0n) is 10.5. The summed E-state index contributed by atoms with van der Waals surface area (Å²) in [5, 5.41) is 0. The molecule has 0 amide bonds. The molecule has 0 fully saturated rings. The van der Waals surface area contributed by atoms with Gasteiger partial charge in [0.25, 0.3) is 0 Å². The maximum atomic E-state index is 3.76. The molecule has 0 atom stereocenters. The topological polar surface area (TPSA) is 0 Å². The van der Waals surface area contributed by atoms with Gasteiger partial charge in [0.2, 0.25) is 0 Å². The molecule has 0 aromatic heterocycles. The van der Waals surface area contributed by atoms with Gasteiger partial charge in [-0.3, -0.25) is 4.48 Å². The van der Waals surface area contributed by atoms with E-state index >= 15 is 0 Å². The average Bonchev–Trinajstić information content (AvgIpc) is 2.02. The van der Waals surface area contributed by atoms with Crippen molar-refractivity contribution < 1.29 is 4.48 Å². The van der Waals surface area contributed by atoms with Crippen LogP contribution < -0.4 is 0 Å². The second-order valence-electron chi connectivity index (χ2n) is 4.95. The molecule has 0 bridgehead atoms. The summed E-state index contributed by atoms with van der Waals surface area (Å²) in [4.78, 5) is 0. The molecule has 0 saturated heterocycles. The van der Waals surface area contributed by atoms with Crippen molar-refractivity contribution in [1.82, 2.24) is 0 Å². The lowest BCUT2D eigenvalue weighted by atomic mass is 10.0. The quantitative estimate of drug-likeness (QED) is 0.476. The first-order chi connectivity index (χ1) is 6.27. The molecule has 80 valence electrons. The Balaban J connectivity index is 5.21. The van der Waals surface area contributed by atoms with Crippen LogP contribution in [0, 0.1) is 0 Å². The number of hydrogen-bond donors (Lipinski definition) is 0. The van der Waals surface area contributed by atoms with Gasteiger partial charge in [-0.15, -0.1) is 0 Å². The zero-order chi connectivity index (χ0) is 11.4. The monoisotopic (exact) mass is 194 g/mol. The Morgan fingerprint density at radius 2 is 1.71 bits per heavy atom. The maximum absolute atomic E-state index is 3.76. The van der Waals surface area contributed by atoms with Gasteiger partial charge < -0.3 is 0 Å². The van der Waals surface area contributed by atoms with Crippen LogP contribution in [0.3, 0.4) is 0 Å². The first kappa shape index (κ1) is 13.2. The van der Waals surface area contributed by atoms with Crippen LogP contribution in [0.1, 0.15) is 27.7 Å². The van der Waals surface area contributed by atoms with Crippen LogP contribution in [0.5, 0.6) is 0 Å². The molecule has 0 unspecified atom stereocenters. The van der Waals surface area contributed by atoms with E-state index in [1.165, 1.54) is 5.70 Å². The van der Waals surface area contributed by atoms with E-state index in [0.717, 1.165) is 4.48 Å². The molecule has 0 aliphatic rings. The van der Waals surface area contributed by atoms with Crippen LogP contribution in [-0.2, 0) is 0 Å². The Morgan fingerprint density at radius 3 is 2.00 bits per heavy atom. The number of likely N-dealkylation sites (N-methyl/N-ethyl adjacent to an activating group) is 1. The molecule has 0 N–H and O–H groups in total. The lowest BCUT2D eigenvalue weighted by Gasteiger charge is -2.42. The fourth-order valence-corrected chi connectivity index (χ4v) is 1.11. The highest BCUT2D eigenvalue weighted by atomic mass is 15.4. The summed E-state index contributed by atoms with van der Waals surface area (Å²) in [7, 11) is 4.44. The van der Waals surface area contributed by atoms with Crippen LogP contribution in [-0.4, -0.2) is 24.1 Å². The third-order valence-electron chi connectivity index (χ3n) is 2.95. The molecule has 0 radical (unpaired) electrons. The van der Waals surface area contributed by atoms with Gasteiger partial charge in [-0.1, -0.05) is 18.7 Å². The van der Waals surface area contributed by atoms with E-state index in [4.69, 9.17) is 0 Å². The molecule has 14 heavy (non-hydrogen) atoms. The van der Waals surface area contributed by atoms with Gasteiger partial charge in [0.05, 0.1) is 19.6 Å². The molecule has 0 aromatic carbocycles. The van der Waals surface area contributed by atoms with Crippen LogP contribution >= 0.6 is 0 Å². The van der Waals surface area contributed by atoms with E-state index in [-0.39, 0.29) is 5.54 Å². The zero-order valence-corrected chi connectivity index (χ0v) is 10.5. The molecule has 1 heteroatoms. The number of allylic oxidation sites excluding steroid dienone is 4. The molecule has 0 spiro atoms. The number of quaternary nitrogens is 1. The standard InChI is InChI=1S/C13H24N/c1-8-10-12(11-9-2)14(6,7)13(3,4)5/h8-11H,1H2,2-7H3/q+1/b11-9-,12-10+. The summed E-state index contributed by atoms with van der Waals surface area (Å²) >= 11 is 0. The Kier molecular flexibility index (Phi) is 4.34. The highest BCUT2D eigenvalue weighted by Crippen LogP contribution is 2.26. The van der Waals surface area contributed by atoms with E-state index in [2.05, 4.69) is 59.7 Å². The van der Waals surface area contributed by atoms with E-state index < -0.39 is 0 Å². The molecular formula is C13H24N+. The first-order valence-corrected chi connectivity index (χ1v) is 5.07. The molecule has 0 aliphatic carbocycles. The number of hydrogen-bond acceptors (Lipinski definition) is 0. The van der Waals surface area contributed by atoms with Crippen molar-refractivity contribution in [2.24, 2.45) is 0 Å². The lowest BCUT2D eigenvalue weighted by molar-refractivity contribution is -0.897. The summed E-state index contributed by atoms with van der Waals surface area (Å²) in [5.41, 5.74) is 1.46. The van der Waals surface area contributed by atoms with Crippen molar-refractivity contribution in [2.45, 2.75) is 33.2 Å². The number of rotatable bonds is 3. The largest absolute Gasteiger partial charge is 0.292 e.